The molecule has 1 amide bonds. The number of benzene rings is 1. The SMILES string of the molecule is CN(C(=O)c1ccc([N+](=O)[O-])c(NN)c1)C(C)(C)CO. The second kappa shape index (κ2) is 5.85. The largest absolute Gasteiger partial charge is 0.394 e. The average Bonchev–Trinajstić information content (AvgIpc) is 2.44. The molecular weight excluding hydrogens is 264 g/mol. The summed E-state index contributed by atoms with van der Waals surface area (Å²) in [6, 6.07) is 3.87. The van der Waals surface area contributed by atoms with Crippen molar-refractivity contribution in [2.45, 2.75) is 19.4 Å². The van der Waals surface area contributed by atoms with Crippen LogP contribution in [0.2, 0.25) is 0 Å². The number of nitrogens with one attached hydrogen (secondary N) is 1. The number of nitro benzene ring substituents is 1. The van der Waals surface area contributed by atoms with Crippen LogP contribution in [0, 0.1) is 10.1 Å². The van der Waals surface area contributed by atoms with Crippen LogP contribution in [0.25, 0.3) is 0 Å². The third-order valence-corrected chi connectivity index (χ3v) is 3.20. The molecule has 0 radical (unpaired) electrons. The standard InChI is InChI=1S/C12H18N4O4/c1-12(2,7-17)15(3)11(18)8-4-5-10(16(19)20)9(6-8)14-13/h4-6,14,17H,7,13H2,1-3H3. The van der Waals surface area contributed by atoms with E-state index in [1.165, 1.54) is 23.1 Å². The van der Waals surface area contributed by atoms with Crippen LogP contribution >= 0.6 is 0 Å². The lowest BCUT2D eigenvalue weighted by atomic mass is 10.0. The highest BCUT2D eigenvalue weighted by atomic mass is 16.6. The van der Waals surface area contributed by atoms with Crippen LogP contribution in [0.15, 0.2) is 18.2 Å². The molecular formula is C12H18N4O4. The molecule has 8 heteroatoms. The average molecular weight is 282 g/mol. The summed E-state index contributed by atoms with van der Waals surface area (Å²) in [5.74, 6) is 4.86. The van der Waals surface area contributed by atoms with Crippen molar-refractivity contribution < 1.29 is 14.8 Å². The van der Waals surface area contributed by atoms with Gasteiger partial charge in [-0.25, -0.2) is 0 Å². The van der Waals surface area contributed by atoms with Crippen molar-refractivity contribution in [3.05, 3.63) is 33.9 Å². The first-order chi connectivity index (χ1) is 9.24. The van der Waals surface area contributed by atoms with Crippen LogP contribution in [0.3, 0.4) is 0 Å². The lowest BCUT2D eigenvalue weighted by molar-refractivity contribution is -0.384. The number of carbonyl (C=O) groups is 1. The smallest absolute Gasteiger partial charge is 0.293 e. The Morgan fingerprint density at radius 1 is 1.55 bits per heavy atom. The fourth-order valence-corrected chi connectivity index (χ4v) is 1.52. The maximum atomic E-state index is 12.3. The van der Waals surface area contributed by atoms with Gasteiger partial charge in [0.15, 0.2) is 0 Å². The quantitative estimate of drug-likeness (QED) is 0.415. The molecule has 0 spiro atoms. The molecule has 0 aromatic heterocycles. The maximum Gasteiger partial charge on any atom is 0.293 e. The number of nitrogen functional groups attached to an aromatic ring is 1. The zero-order valence-electron chi connectivity index (χ0n) is 11.6. The predicted octanol–water partition coefficient (Wildman–Crippen LogP) is 0.723. The fraction of sp³-hybridized carbons (Fsp3) is 0.417. The number of hydrazine groups is 1. The Hall–Kier alpha value is -2.19. The van der Waals surface area contributed by atoms with Gasteiger partial charge in [0.1, 0.15) is 5.69 Å². The molecule has 0 saturated heterocycles. The Bertz CT molecular complexity index is 530. The van der Waals surface area contributed by atoms with Gasteiger partial charge in [0, 0.05) is 18.7 Å². The van der Waals surface area contributed by atoms with Gasteiger partial charge in [0.2, 0.25) is 0 Å². The van der Waals surface area contributed by atoms with Crippen LogP contribution in [0.4, 0.5) is 11.4 Å². The van der Waals surface area contributed by atoms with Gasteiger partial charge in [-0.1, -0.05) is 0 Å². The number of likely N-dealkylation sites (N-methyl/N-ethyl adjacent to an activating group) is 1. The minimum atomic E-state index is -0.741. The van der Waals surface area contributed by atoms with Crippen molar-refractivity contribution in [2.75, 3.05) is 19.1 Å². The summed E-state index contributed by atoms with van der Waals surface area (Å²) in [7, 11) is 1.55. The van der Waals surface area contributed by atoms with E-state index >= 15 is 0 Å². The highest BCUT2D eigenvalue weighted by molar-refractivity contribution is 5.96. The summed E-state index contributed by atoms with van der Waals surface area (Å²) in [5.41, 5.74) is 1.54. The number of nitrogens with two attached hydrogens (primary N) is 1. The van der Waals surface area contributed by atoms with Crippen LogP contribution < -0.4 is 11.3 Å². The van der Waals surface area contributed by atoms with Crippen molar-refractivity contribution in [1.29, 1.82) is 0 Å². The zero-order valence-corrected chi connectivity index (χ0v) is 11.6. The molecule has 0 heterocycles. The summed E-state index contributed by atoms with van der Waals surface area (Å²) in [6.45, 7) is 3.21. The van der Waals surface area contributed by atoms with E-state index in [4.69, 9.17) is 5.84 Å². The van der Waals surface area contributed by atoms with Crippen molar-refractivity contribution in [2.24, 2.45) is 5.84 Å². The number of hydrogen-bond donors (Lipinski definition) is 3. The normalized spacial score (nSPS) is 11.1. The lowest BCUT2D eigenvalue weighted by Gasteiger charge is -2.34. The third-order valence-electron chi connectivity index (χ3n) is 3.20. The van der Waals surface area contributed by atoms with Crippen LogP contribution in [-0.4, -0.2) is 40.0 Å². The number of rotatable bonds is 5. The number of anilines is 1. The first-order valence-corrected chi connectivity index (χ1v) is 5.88. The van der Waals surface area contributed by atoms with E-state index in [-0.39, 0.29) is 29.5 Å². The highest BCUT2D eigenvalue weighted by Gasteiger charge is 2.28. The summed E-state index contributed by atoms with van der Waals surface area (Å²) in [4.78, 5) is 23.8. The van der Waals surface area contributed by atoms with E-state index < -0.39 is 10.5 Å². The second-order valence-electron chi connectivity index (χ2n) is 4.97. The number of amides is 1. The van der Waals surface area contributed by atoms with E-state index in [2.05, 4.69) is 5.43 Å². The number of nitro groups is 1. The maximum absolute atomic E-state index is 12.3. The summed E-state index contributed by atoms with van der Waals surface area (Å²) in [5, 5.41) is 20.0. The number of aliphatic hydroxyl groups excluding tert-OH is 1. The van der Waals surface area contributed by atoms with Gasteiger partial charge >= 0.3 is 0 Å². The molecule has 0 aliphatic rings. The molecule has 110 valence electrons. The molecule has 1 aromatic carbocycles. The highest BCUT2D eigenvalue weighted by Crippen LogP contribution is 2.26. The van der Waals surface area contributed by atoms with Gasteiger partial charge < -0.3 is 15.4 Å². The molecule has 4 N–H and O–H groups in total. The molecule has 20 heavy (non-hydrogen) atoms. The van der Waals surface area contributed by atoms with Gasteiger partial charge in [-0.15, -0.1) is 0 Å². The molecule has 1 rings (SSSR count). The molecule has 0 saturated carbocycles. The van der Waals surface area contributed by atoms with E-state index in [0.29, 0.717) is 0 Å². The summed E-state index contributed by atoms with van der Waals surface area (Å²) in [6.07, 6.45) is 0. The van der Waals surface area contributed by atoms with Crippen molar-refractivity contribution >= 4 is 17.3 Å². The topological polar surface area (TPSA) is 122 Å². The Morgan fingerprint density at radius 3 is 2.60 bits per heavy atom. The minimum Gasteiger partial charge on any atom is -0.394 e. The summed E-state index contributed by atoms with van der Waals surface area (Å²) >= 11 is 0. The number of hydrogen-bond acceptors (Lipinski definition) is 6. The number of nitrogens with zero attached hydrogens (tertiary/aromatic N) is 2. The zero-order chi connectivity index (χ0) is 15.5. The number of carbonyl (C=O) groups excluding carboxylic acids is 1. The molecule has 0 aliphatic heterocycles. The van der Waals surface area contributed by atoms with Gasteiger partial charge in [-0.3, -0.25) is 20.8 Å². The first-order valence-electron chi connectivity index (χ1n) is 5.88. The van der Waals surface area contributed by atoms with Gasteiger partial charge in [-0.2, -0.15) is 0 Å². The molecule has 0 unspecified atom stereocenters. The molecule has 0 aliphatic carbocycles. The first kappa shape index (κ1) is 15.9. The van der Waals surface area contributed by atoms with Crippen LogP contribution in [0.5, 0.6) is 0 Å². The second-order valence-corrected chi connectivity index (χ2v) is 4.97. The predicted molar refractivity (Wildman–Crippen MR) is 74.2 cm³/mol. The lowest BCUT2D eigenvalue weighted by Crippen LogP contribution is -2.47. The minimum absolute atomic E-state index is 0.0519. The Kier molecular flexibility index (Phi) is 4.64. The van der Waals surface area contributed by atoms with Crippen LogP contribution in [-0.2, 0) is 0 Å². The van der Waals surface area contributed by atoms with Crippen molar-refractivity contribution in [3.63, 3.8) is 0 Å². The number of aliphatic hydroxyl groups is 1. The third kappa shape index (κ3) is 3.03. The van der Waals surface area contributed by atoms with E-state index in [1.54, 1.807) is 20.9 Å². The van der Waals surface area contributed by atoms with Crippen LogP contribution in [0.1, 0.15) is 24.2 Å². The van der Waals surface area contributed by atoms with Gasteiger partial charge in [-0.05, 0) is 26.0 Å². The molecule has 1 aromatic rings. The van der Waals surface area contributed by atoms with Crippen molar-refractivity contribution in [3.8, 4) is 0 Å². The Labute approximate surface area is 116 Å². The molecule has 0 atom stereocenters. The van der Waals surface area contributed by atoms with Gasteiger partial charge in [0.25, 0.3) is 11.6 Å². The van der Waals surface area contributed by atoms with E-state index in [0.717, 1.165) is 0 Å². The molecule has 0 bridgehead atoms. The Balaban J connectivity index is 3.15. The fourth-order valence-electron chi connectivity index (χ4n) is 1.52. The molecule has 8 nitrogen and oxygen atoms in total. The van der Waals surface area contributed by atoms with Crippen molar-refractivity contribution in [1.82, 2.24) is 4.90 Å². The summed E-state index contributed by atoms with van der Waals surface area (Å²) < 4.78 is 0. The van der Waals surface area contributed by atoms with E-state index in [9.17, 15) is 20.0 Å². The Morgan fingerprint density at radius 2 is 2.15 bits per heavy atom. The van der Waals surface area contributed by atoms with E-state index in [1.807, 2.05) is 0 Å². The van der Waals surface area contributed by atoms with Gasteiger partial charge in [0.05, 0.1) is 17.1 Å². The monoisotopic (exact) mass is 282 g/mol. The molecule has 0 fully saturated rings.